The number of carbonyl (C=O) groups excluding carboxylic acids is 4. The van der Waals surface area contributed by atoms with Crippen molar-refractivity contribution in [2.45, 2.75) is 56.5 Å². The number of rotatable bonds is 2. The number of imide groups is 1. The molecule has 1 spiro atoms. The monoisotopic (exact) mass is 348 g/mol. The van der Waals surface area contributed by atoms with Gasteiger partial charge in [-0.05, 0) is 25.7 Å². The molecule has 4 fully saturated rings. The summed E-state index contributed by atoms with van der Waals surface area (Å²) in [6.07, 6.45) is 5.56. The summed E-state index contributed by atoms with van der Waals surface area (Å²) < 4.78 is 0. The largest absolute Gasteiger partial charge is 0.342 e. The van der Waals surface area contributed by atoms with Crippen LogP contribution in [0.3, 0.4) is 0 Å². The first-order chi connectivity index (χ1) is 12.0. The number of amides is 5. The predicted molar refractivity (Wildman–Crippen MR) is 87.3 cm³/mol. The molecule has 136 valence electrons. The lowest BCUT2D eigenvalue weighted by Crippen LogP contribution is -2.56. The average molecular weight is 348 g/mol. The molecule has 1 atom stereocenters. The molecule has 0 aromatic heterocycles. The minimum Gasteiger partial charge on any atom is -0.342 e. The fourth-order valence-corrected chi connectivity index (χ4v) is 4.71. The van der Waals surface area contributed by atoms with E-state index in [0.717, 1.165) is 25.7 Å². The van der Waals surface area contributed by atoms with E-state index in [2.05, 4.69) is 10.6 Å². The Kier molecular flexibility index (Phi) is 3.92. The number of nitrogens with zero attached hydrogens (tertiary/aromatic N) is 2. The summed E-state index contributed by atoms with van der Waals surface area (Å²) in [6.45, 7) is 1.39. The molecule has 1 aliphatic carbocycles. The number of piperidine rings is 1. The third kappa shape index (κ3) is 2.77. The van der Waals surface area contributed by atoms with E-state index in [1.165, 1.54) is 0 Å². The third-order valence-corrected chi connectivity index (χ3v) is 6.22. The Morgan fingerprint density at radius 1 is 1.08 bits per heavy atom. The highest BCUT2D eigenvalue weighted by Crippen LogP contribution is 2.32. The van der Waals surface area contributed by atoms with Crippen LogP contribution in [0.1, 0.15) is 44.9 Å². The molecule has 8 heteroatoms. The summed E-state index contributed by atoms with van der Waals surface area (Å²) in [4.78, 5) is 52.1. The molecule has 25 heavy (non-hydrogen) atoms. The lowest BCUT2D eigenvalue weighted by molar-refractivity contribution is -0.139. The molecule has 0 radical (unpaired) electrons. The van der Waals surface area contributed by atoms with Crippen molar-refractivity contribution >= 4 is 23.8 Å². The molecule has 8 nitrogen and oxygen atoms in total. The fourth-order valence-electron chi connectivity index (χ4n) is 4.71. The Morgan fingerprint density at radius 3 is 2.36 bits per heavy atom. The van der Waals surface area contributed by atoms with E-state index in [1.54, 1.807) is 4.90 Å². The minimum absolute atomic E-state index is 0.00780. The maximum atomic E-state index is 12.8. The molecular formula is C17H24N4O4. The number of likely N-dealkylation sites (tertiary alicyclic amines) is 2. The van der Waals surface area contributed by atoms with Gasteiger partial charge in [-0.2, -0.15) is 0 Å². The Bertz CT molecular complexity index is 620. The zero-order valence-electron chi connectivity index (χ0n) is 14.3. The molecular weight excluding hydrogens is 324 g/mol. The summed E-state index contributed by atoms with van der Waals surface area (Å²) in [6, 6.07) is -0.148. The second-order valence-corrected chi connectivity index (χ2v) is 7.70. The van der Waals surface area contributed by atoms with E-state index in [9.17, 15) is 19.2 Å². The van der Waals surface area contributed by atoms with Gasteiger partial charge in [0.25, 0.3) is 5.91 Å². The molecule has 4 aliphatic rings. The summed E-state index contributed by atoms with van der Waals surface area (Å²) in [7, 11) is 0. The van der Waals surface area contributed by atoms with Gasteiger partial charge in [-0.3, -0.25) is 19.7 Å². The second kappa shape index (κ2) is 6.00. The van der Waals surface area contributed by atoms with Gasteiger partial charge in [0.1, 0.15) is 5.54 Å². The van der Waals surface area contributed by atoms with Crippen molar-refractivity contribution in [1.82, 2.24) is 20.4 Å². The van der Waals surface area contributed by atoms with Gasteiger partial charge in [-0.15, -0.1) is 0 Å². The van der Waals surface area contributed by atoms with Crippen LogP contribution >= 0.6 is 0 Å². The zero-order valence-corrected chi connectivity index (χ0v) is 14.3. The van der Waals surface area contributed by atoms with Gasteiger partial charge in [0, 0.05) is 32.1 Å². The van der Waals surface area contributed by atoms with Crippen molar-refractivity contribution in [3.63, 3.8) is 0 Å². The predicted octanol–water partition coefficient (Wildman–Crippen LogP) is -0.0219. The number of hydrogen-bond donors (Lipinski definition) is 2. The first-order valence-corrected chi connectivity index (χ1v) is 9.20. The van der Waals surface area contributed by atoms with E-state index in [1.807, 2.05) is 4.90 Å². The molecule has 3 heterocycles. The van der Waals surface area contributed by atoms with Crippen LogP contribution in [0, 0.1) is 5.92 Å². The van der Waals surface area contributed by atoms with Crippen LogP contribution in [0.2, 0.25) is 0 Å². The second-order valence-electron chi connectivity index (χ2n) is 7.70. The Labute approximate surface area is 146 Å². The minimum atomic E-state index is -0.866. The topological polar surface area (TPSA) is 98.8 Å². The van der Waals surface area contributed by atoms with Crippen LogP contribution in [0.5, 0.6) is 0 Å². The van der Waals surface area contributed by atoms with Crippen molar-refractivity contribution in [2.24, 2.45) is 5.92 Å². The van der Waals surface area contributed by atoms with Crippen LogP contribution in [0.15, 0.2) is 0 Å². The van der Waals surface area contributed by atoms with Crippen LogP contribution in [-0.4, -0.2) is 64.8 Å². The molecule has 0 bridgehead atoms. The maximum absolute atomic E-state index is 12.8. The highest BCUT2D eigenvalue weighted by molar-refractivity contribution is 6.07. The van der Waals surface area contributed by atoms with E-state index in [-0.39, 0.29) is 23.6 Å². The van der Waals surface area contributed by atoms with Crippen molar-refractivity contribution < 1.29 is 19.2 Å². The molecule has 5 amide bonds. The molecule has 3 aliphatic heterocycles. The SMILES string of the molecule is O=C1NC(=O)C2(CCN(C(=O)[C@@H]3CC(=O)N(C4CCCC4)C3)CC2)N1. The first kappa shape index (κ1) is 16.4. The third-order valence-electron chi connectivity index (χ3n) is 6.22. The molecule has 0 aromatic carbocycles. The Hall–Kier alpha value is -2.12. The standard InChI is InChI=1S/C17H24N4O4/c22-13-9-11(10-21(13)12-3-1-2-4-12)14(23)20-7-5-17(6-8-20)15(24)18-16(25)19-17/h11-12H,1-10H2,(H2,18,19,24,25)/t11-/m1/s1. The Balaban J connectivity index is 1.36. The summed E-state index contributed by atoms with van der Waals surface area (Å²) in [5.41, 5.74) is -0.866. The number of nitrogens with one attached hydrogen (secondary N) is 2. The number of carbonyl (C=O) groups is 4. The molecule has 0 aromatic rings. The highest BCUT2D eigenvalue weighted by Gasteiger charge is 2.49. The van der Waals surface area contributed by atoms with Gasteiger partial charge in [-0.1, -0.05) is 12.8 Å². The summed E-state index contributed by atoms with van der Waals surface area (Å²) >= 11 is 0. The first-order valence-electron chi connectivity index (χ1n) is 9.20. The van der Waals surface area contributed by atoms with Crippen molar-refractivity contribution in [3.05, 3.63) is 0 Å². The molecule has 4 rings (SSSR count). The van der Waals surface area contributed by atoms with Gasteiger partial charge in [0.05, 0.1) is 5.92 Å². The van der Waals surface area contributed by atoms with Gasteiger partial charge in [0.2, 0.25) is 11.8 Å². The summed E-state index contributed by atoms with van der Waals surface area (Å²) in [5, 5.41) is 4.97. The maximum Gasteiger partial charge on any atom is 0.322 e. The normalized spacial score (nSPS) is 29.4. The van der Waals surface area contributed by atoms with Crippen molar-refractivity contribution in [2.75, 3.05) is 19.6 Å². The van der Waals surface area contributed by atoms with E-state index in [4.69, 9.17) is 0 Å². The lowest BCUT2D eigenvalue weighted by atomic mass is 9.87. The van der Waals surface area contributed by atoms with Crippen molar-refractivity contribution in [1.29, 1.82) is 0 Å². The number of hydrogen-bond acceptors (Lipinski definition) is 4. The van der Waals surface area contributed by atoms with Crippen molar-refractivity contribution in [3.8, 4) is 0 Å². The molecule has 0 unspecified atom stereocenters. The van der Waals surface area contributed by atoms with Gasteiger partial charge in [0.15, 0.2) is 0 Å². The summed E-state index contributed by atoms with van der Waals surface area (Å²) in [5.74, 6) is -0.461. The molecule has 1 saturated carbocycles. The van der Waals surface area contributed by atoms with Gasteiger partial charge < -0.3 is 15.1 Å². The fraction of sp³-hybridized carbons (Fsp3) is 0.765. The smallest absolute Gasteiger partial charge is 0.322 e. The van der Waals surface area contributed by atoms with Gasteiger partial charge >= 0.3 is 6.03 Å². The van der Waals surface area contributed by atoms with Gasteiger partial charge in [-0.25, -0.2) is 4.79 Å². The Morgan fingerprint density at radius 2 is 1.76 bits per heavy atom. The lowest BCUT2D eigenvalue weighted by Gasteiger charge is -2.38. The van der Waals surface area contributed by atoms with Crippen LogP contribution in [0.4, 0.5) is 4.79 Å². The van der Waals surface area contributed by atoms with Crippen LogP contribution in [-0.2, 0) is 14.4 Å². The van der Waals surface area contributed by atoms with Crippen LogP contribution in [0.25, 0.3) is 0 Å². The van der Waals surface area contributed by atoms with E-state index in [0.29, 0.717) is 44.9 Å². The van der Waals surface area contributed by atoms with E-state index < -0.39 is 11.6 Å². The molecule has 3 saturated heterocycles. The number of urea groups is 1. The quantitative estimate of drug-likeness (QED) is 0.685. The average Bonchev–Trinajstić information content (AvgIpc) is 3.28. The molecule has 2 N–H and O–H groups in total. The zero-order chi connectivity index (χ0) is 17.6. The highest BCUT2D eigenvalue weighted by atomic mass is 16.2. The van der Waals surface area contributed by atoms with E-state index >= 15 is 0 Å². The van der Waals surface area contributed by atoms with Crippen LogP contribution < -0.4 is 10.6 Å².